The van der Waals surface area contributed by atoms with Crippen LogP contribution in [0.15, 0.2) is 12.1 Å². The van der Waals surface area contributed by atoms with Crippen molar-refractivity contribution < 1.29 is 14.4 Å². The molecule has 0 saturated carbocycles. The molecule has 1 aromatic rings. The molecule has 130 valence electrons. The Morgan fingerprint density at radius 3 is 2.25 bits per heavy atom. The maximum Gasteiger partial charge on any atom is 0.325 e. The summed E-state index contributed by atoms with van der Waals surface area (Å²) in [6.45, 7) is 9.53. The van der Waals surface area contributed by atoms with Crippen LogP contribution in [0.25, 0.3) is 0 Å². The van der Waals surface area contributed by atoms with E-state index in [9.17, 15) is 14.4 Å². The fourth-order valence-electron chi connectivity index (χ4n) is 3.00. The first-order chi connectivity index (χ1) is 11.1. The maximum absolute atomic E-state index is 12.2. The molecule has 0 aliphatic carbocycles. The van der Waals surface area contributed by atoms with E-state index in [2.05, 4.69) is 10.6 Å². The zero-order valence-electron chi connectivity index (χ0n) is 14.9. The summed E-state index contributed by atoms with van der Waals surface area (Å²) in [5.74, 6) is -0.366. The Morgan fingerprint density at radius 2 is 1.75 bits per heavy atom. The van der Waals surface area contributed by atoms with Gasteiger partial charge in [-0.1, -0.05) is 17.7 Å². The largest absolute Gasteiger partial charge is 0.326 e. The Balaban J connectivity index is 1.89. The first-order valence-corrected chi connectivity index (χ1v) is 8.13. The van der Waals surface area contributed by atoms with Crippen molar-refractivity contribution in [2.75, 3.05) is 11.9 Å². The number of anilines is 1. The van der Waals surface area contributed by atoms with Crippen LogP contribution in [0.1, 0.15) is 43.4 Å². The summed E-state index contributed by atoms with van der Waals surface area (Å²) >= 11 is 0. The summed E-state index contributed by atoms with van der Waals surface area (Å²) in [6.07, 6.45) is 0.690. The Labute approximate surface area is 142 Å². The number of carbonyl (C=O) groups excluding carboxylic acids is 3. The van der Waals surface area contributed by atoms with Gasteiger partial charge in [-0.05, 0) is 52.2 Å². The number of benzene rings is 1. The van der Waals surface area contributed by atoms with Gasteiger partial charge in [0.15, 0.2) is 0 Å². The van der Waals surface area contributed by atoms with Crippen LogP contribution >= 0.6 is 0 Å². The molecule has 0 unspecified atom stereocenters. The molecule has 24 heavy (non-hydrogen) atoms. The highest BCUT2D eigenvalue weighted by Gasteiger charge is 2.43. The number of nitrogens with zero attached hydrogens (tertiary/aromatic N) is 1. The van der Waals surface area contributed by atoms with Crippen molar-refractivity contribution in [2.45, 2.75) is 53.0 Å². The van der Waals surface area contributed by atoms with Gasteiger partial charge in [0.05, 0.1) is 0 Å². The summed E-state index contributed by atoms with van der Waals surface area (Å²) < 4.78 is 0. The van der Waals surface area contributed by atoms with E-state index in [1.807, 2.05) is 32.9 Å². The lowest BCUT2D eigenvalue weighted by Crippen LogP contribution is -2.40. The molecule has 4 amide bonds. The van der Waals surface area contributed by atoms with Crippen molar-refractivity contribution in [1.82, 2.24) is 10.2 Å². The molecule has 1 fully saturated rings. The minimum Gasteiger partial charge on any atom is -0.326 e. The fraction of sp³-hybridized carbons (Fsp3) is 0.500. The van der Waals surface area contributed by atoms with Gasteiger partial charge in [-0.25, -0.2) is 4.79 Å². The quantitative estimate of drug-likeness (QED) is 0.814. The van der Waals surface area contributed by atoms with Gasteiger partial charge in [-0.15, -0.1) is 0 Å². The molecule has 0 aromatic heterocycles. The number of carbonyl (C=O) groups is 3. The molecule has 6 heteroatoms. The van der Waals surface area contributed by atoms with E-state index in [-0.39, 0.29) is 24.8 Å². The van der Waals surface area contributed by atoms with Crippen molar-refractivity contribution in [3.63, 3.8) is 0 Å². The summed E-state index contributed by atoms with van der Waals surface area (Å²) in [7, 11) is 0. The summed E-state index contributed by atoms with van der Waals surface area (Å²) in [5, 5.41) is 5.55. The highest BCUT2D eigenvalue weighted by Crippen LogP contribution is 2.22. The molecule has 1 heterocycles. The maximum atomic E-state index is 12.2. The second kappa shape index (κ2) is 6.63. The van der Waals surface area contributed by atoms with Gasteiger partial charge >= 0.3 is 6.03 Å². The van der Waals surface area contributed by atoms with Crippen LogP contribution in [0.5, 0.6) is 0 Å². The zero-order valence-corrected chi connectivity index (χ0v) is 14.9. The number of hydrogen-bond donors (Lipinski definition) is 2. The van der Waals surface area contributed by atoms with Gasteiger partial charge in [-0.3, -0.25) is 14.5 Å². The number of imide groups is 1. The lowest BCUT2D eigenvalue weighted by atomic mass is 10.0. The van der Waals surface area contributed by atoms with Crippen molar-refractivity contribution in [2.24, 2.45) is 0 Å². The fourth-order valence-corrected chi connectivity index (χ4v) is 3.00. The second-order valence-electron chi connectivity index (χ2n) is 6.94. The number of amides is 4. The lowest BCUT2D eigenvalue weighted by molar-refractivity contribution is -0.130. The van der Waals surface area contributed by atoms with Crippen LogP contribution in [0.4, 0.5) is 10.5 Å². The predicted octanol–water partition coefficient (Wildman–Crippen LogP) is 2.66. The first kappa shape index (κ1) is 18.0. The standard InChI is InChI=1S/C18H25N3O3/c1-11-9-12(2)15(13(3)10-11)19-14(22)7-6-8-21-16(23)18(4,5)20-17(21)24/h9-10H,6-8H2,1-5H3,(H,19,22)(H,20,24). The molecule has 0 spiro atoms. The average molecular weight is 331 g/mol. The Bertz CT molecular complexity index is 672. The smallest absolute Gasteiger partial charge is 0.325 e. The van der Waals surface area contributed by atoms with Gasteiger partial charge in [0.1, 0.15) is 5.54 Å². The number of rotatable bonds is 5. The van der Waals surface area contributed by atoms with Crippen LogP contribution in [0.3, 0.4) is 0 Å². The topological polar surface area (TPSA) is 78.5 Å². The van der Waals surface area contributed by atoms with Crippen molar-refractivity contribution in [3.8, 4) is 0 Å². The molecular formula is C18H25N3O3. The highest BCUT2D eigenvalue weighted by molar-refractivity contribution is 6.06. The van der Waals surface area contributed by atoms with Crippen LogP contribution in [0.2, 0.25) is 0 Å². The van der Waals surface area contributed by atoms with Gasteiger partial charge in [0, 0.05) is 18.7 Å². The van der Waals surface area contributed by atoms with Crippen LogP contribution in [0, 0.1) is 20.8 Å². The summed E-state index contributed by atoms with van der Waals surface area (Å²) in [6, 6.07) is 3.66. The third-order valence-electron chi connectivity index (χ3n) is 4.17. The van der Waals surface area contributed by atoms with E-state index >= 15 is 0 Å². The van der Waals surface area contributed by atoms with E-state index in [0.717, 1.165) is 22.4 Å². The van der Waals surface area contributed by atoms with Crippen molar-refractivity contribution in [3.05, 3.63) is 28.8 Å². The number of aryl methyl sites for hydroxylation is 3. The van der Waals surface area contributed by atoms with E-state index in [0.29, 0.717) is 6.42 Å². The molecule has 0 bridgehead atoms. The number of nitrogens with one attached hydrogen (secondary N) is 2. The molecule has 1 aliphatic rings. The van der Waals surface area contributed by atoms with Crippen LogP contribution in [-0.2, 0) is 9.59 Å². The van der Waals surface area contributed by atoms with Gasteiger partial charge < -0.3 is 10.6 Å². The highest BCUT2D eigenvalue weighted by atomic mass is 16.2. The molecule has 2 N–H and O–H groups in total. The normalized spacial score (nSPS) is 16.3. The Kier molecular flexibility index (Phi) is 4.96. The molecule has 1 saturated heterocycles. The van der Waals surface area contributed by atoms with Gasteiger partial charge in [0.25, 0.3) is 5.91 Å². The molecule has 6 nitrogen and oxygen atoms in total. The second-order valence-corrected chi connectivity index (χ2v) is 6.94. The number of hydrogen-bond acceptors (Lipinski definition) is 3. The third-order valence-corrected chi connectivity index (χ3v) is 4.17. The monoisotopic (exact) mass is 331 g/mol. The number of urea groups is 1. The van der Waals surface area contributed by atoms with E-state index in [1.165, 1.54) is 4.90 Å². The molecular weight excluding hydrogens is 306 g/mol. The van der Waals surface area contributed by atoms with Crippen LogP contribution in [-0.4, -0.2) is 34.8 Å². The zero-order chi connectivity index (χ0) is 18.1. The summed E-state index contributed by atoms with van der Waals surface area (Å²) in [4.78, 5) is 37.2. The van der Waals surface area contributed by atoms with Crippen molar-refractivity contribution in [1.29, 1.82) is 0 Å². The lowest BCUT2D eigenvalue weighted by Gasteiger charge is -2.16. The average Bonchev–Trinajstić information content (AvgIpc) is 2.64. The Morgan fingerprint density at radius 1 is 1.17 bits per heavy atom. The molecule has 2 rings (SSSR count). The van der Waals surface area contributed by atoms with Crippen molar-refractivity contribution >= 4 is 23.5 Å². The predicted molar refractivity (Wildman–Crippen MR) is 92.8 cm³/mol. The third kappa shape index (κ3) is 3.75. The minimum atomic E-state index is -0.866. The SMILES string of the molecule is Cc1cc(C)c(NC(=O)CCCN2C(=O)NC(C)(C)C2=O)c(C)c1. The van der Waals surface area contributed by atoms with E-state index in [4.69, 9.17) is 0 Å². The van der Waals surface area contributed by atoms with E-state index in [1.54, 1.807) is 13.8 Å². The molecule has 1 aromatic carbocycles. The van der Waals surface area contributed by atoms with E-state index < -0.39 is 11.6 Å². The van der Waals surface area contributed by atoms with Gasteiger partial charge in [0.2, 0.25) is 5.91 Å². The summed E-state index contributed by atoms with van der Waals surface area (Å²) in [5.41, 5.74) is 3.18. The van der Waals surface area contributed by atoms with Crippen LogP contribution < -0.4 is 10.6 Å². The molecule has 0 radical (unpaired) electrons. The van der Waals surface area contributed by atoms with Gasteiger partial charge in [-0.2, -0.15) is 0 Å². The Hall–Kier alpha value is -2.37. The minimum absolute atomic E-state index is 0.114. The first-order valence-electron chi connectivity index (χ1n) is 8.13. The molecule has 0 atom stereocenters. The molecule has 1 aliphatic heterocycles.